The Morgan fingerprint density at radius 3 is 2.56 bits per heavy atom. The van der Waals surface area contributed by atoms with Crippen LogP contribution < -0.4 is 11.1 Å². The summed E-state index contributed by atoms with van der Waals surface area (Å²) in [6.45, 7) is 1.67. The number of nitrogens with two attached hydrogens (primary N) is 1. The van der Waals surface area contributed by atoms with Gasteiger partial charge in [-0.3, -0.25) is 14.4 Å². The molecular weight excluding hydrogens is 366 g/mol. The van der Waals surface area contributed by atoms with Crippen LogP contribution in [0.4, 0.5) is 5.69 Å². The lowest BCUT2D eigenvalue weighted by Crippen LogP contribution is -2.35. The van der Waals surface area contributed by atoms with Crippen LogP contribution in [0.5, 0.6) is 0 Å². The Hall–Kier alpha value is -2.86. The fraction of sp³-hybridized carbons (Fsp3) is 0.250. The number of benzene rings is 2. The maximum absolute atomic E-state index is 12.4. The molecule has 142 valence electrons. The minimum atomic E-state index is -0.590. The lowest BCUT2D eigenvalue weighted by molar-refractivity contribution is -0.118. The van der Waals surface area contributed by atoms with Gasteiger partial charge in [-0.25, -0.2) is 0 Å². The zero-order valence-corrected chi connectivity index (χ0v) is 16.0. The molecule has 0 radical (unpaired) electrons. The number of carbonyl (C=O) groups excluding carboxylic acids is 3. The summed E-state index contributed by atoms with van der Waals surface area (Å²) in [4.78, 5) is 36.9. The van der Waals surface area contributed by atoms with Crippen molar-refractivity contribution in [2.45, 2.75) is 19.8 Å². The van der Waals surface area contributed by atoms with Crippen LogP contribution in [-0.4, -0.2) is 36.2 Å². The smallest absolute Gasteiger partial charge is 0.254 e. The maximum atomic E-state index is 12.4. The van der Waals surface area contributed by atoms with Crippen molar-refractivity contribution in [1.29, 1.82) is 0 Å². The van der Waals surface area contributed by atoms with E-state index in [0.29, 0.717) is 29.1 Å². The standard InChI is InChI=1S/C20H22ClN3O3/c1-13-6-8-15(20(27)24(2)12-18(22)25)11-17(13)23-19(26)9-7-14-4-3-5-16(21)10-14/h3-6,8,10-11H,7,9,12H2,1-2H3,(H2,22,25)(H,23,26). The van der Waals surface area contributed by atoms with E-state index >= 15 is 0 Å². The van der Waals surface area contributed by atoms with E-state index in [1.165, 1.54) is 11.9 Å². The van der Waals surface area contributed by atoms with Gasteiger partial charge in [-0.05, 0) is 48.7 Å². The number of likely N-dealkylation sites (N-methyl/N-ethyl adjacent to an activating group) is 1. The summed E-state index contributed by atoms with van der Waals surface area (Å²) in [6.07, 6.45) is 0.852. The summed E-state index contributed by atoms with van der Waals surface area (Å²) in [5.74, 6) is -1.09. The molecule has 6 nitrogen and oxygen atoms in total. The van der Waals surface area contributed by atoms with Crippen molar-refractivity contribution < 1.29 is 14.4 Å². The molecule has 0 saturated heterocycles. The summed E-state index contributed by atoms with van der Waals surface area (Å²) in [7, 11) is 1.50. The Kier molecular flexibility index (Phi) is 6.96. The van der Waals surface area contributed by atoms with Crippen LogP contribution in [0.3, 0.4) is 0 Å². The highest BCUT2D eigenvalue weighted by Gasteiger charge is 2.15. The number of hydrogen-bond donors (Lipinski definition) is 2. The number of rotatable bonds is 7. The predicted octanol–water partition coefficient (Wildman–Crippen LogP) is 2.78. The van der Waals surface area contributed by atoms with Crippen molar-refractivity contribution in [1.82, 2.24) is 4.90 Å². The average Bonchev–Trinajstić information content (AvgIpc) is 2.60. The molecule has 0 atom stereocenters. The van der Waals surface area contributed by atoms with Gasteiger partial charge in [-0.15, -0.1) is 0 Å². The molecule has 0 fully saturated rings. The summed E-state index contributed by atoms with van der Waals surface area (Å²) in [5, 5.41) is 3.47. The Morgan fingerprint density at radius 1 is 1.15 bits per heavy atom. The summed E-state index contributed by atoms with van der Waals surface area (Å²) >= 11 is 5.95. The van der Waals surface area contributed by atoms with E-state index in [2.05, 4.69) is 5.32 Å². The largest absolute Gasteiger partial charge is 0.368 e. The van der Waals surface area contributed by atoms with Crippen LogP contribution in [0.2, 0.25) is 5.02 Å². The van der Waals surface area contributed by atoms with Crippen LogP contribution in [-0.2, 0) is 16.0 Å². The fourth-order valence-corrected chi connectivity index (χ4v) is 2.79. The second-order valence-electron chi connectivity index (χ2n) is 6.34. The number of nitrogens with zero attached hydrogens (tertiary/aromatic N) is 1. The third kappa shape index (κ3) is 6.11. The zero-order chi connectivity index (χ0) is 20.0. The topological polar surface area (TPSA) is 92.5 Å². The van der Waals surface area contributed by atoms with Crippen molar-refractivity contribution in [2.24, 2.45) is 5.73 Å². The number of anilines is 1. The number of carbonyl (C=O) groups is 3. The monoisotopic (exact) mass is 387 g/mol. The number of amides is 3. The van der Waals surface area contributed by atoms with Crippen LogP contribution >= 0.6 is 11.6 Å². The summed E-state index contributed by atoms with van der Waals surface area (Å²) in [6, 6.07) is 12.4. The van der Waals surface area contributed by atoms with Crippen LogP contribution in [0.15, 0.2) is 42.5 Å². The Bertz CT molecular complexity index is 867. The van der Waals surface area contributed by atoms with Gasteiger partial charge in [0.2, 0.25) is 11.8 Å². The van der Waals surface area contributed by atoms with Gasteiger partial charge in [-0.2, -0.15) is 0 Å². The van der Waals surface area contributed by atoms with E-state index in [1.807, 2.05) is 25.1 Å². The lowest BCUT2D eigenvalue weighted by atomic mass is 10.1. The third-order valence-electron chi connectivity index (χ3n) is 4.03. The number of halogens is 1. The number of primary amides is 1. The first-order valence-corrected chi connectivity index (χ1v) is 8.83. The van der Waals surface area contributed by atoms with E-state index in [1.54, 1.807) is 24.3 Å². The molecule has 0 aliphatic rings. The molecule has 0 spiro atoms. The van der Waals surface area contributed by atoms with Gasteiger partial charge in [0.25, 0.3) is 5.91 Å². The molecule has 0 saturated carbocycles. The first-order chi connectivity index (χ1) is 12.8. The Morgan fingerprint density at radius 2 is 1.89 bits per heavy atom. The van der Waals surface area contributed by atoms with Crippen molar-refractivity contribution >= 4 is 35.0 Å². The Labute approximate surface area is 163 Å². The van der Waals surface area contributed by atoms with E-state index in [4.69, 9.17) is 17.3 Å². The molecule has 2 rings (SSSR count). The highest BCUT2D eigenvalue weighted by molar-refractivity contribution is 6.30. The molecule has 0 aliphatic carbocycles. The normalized spacial score (nSPS) is 10.3. The third-order valence-corrected chi connectivity index (χ3v) is 4.26. The SMILES string of the molecule is Cc1ccc(C(=O)N(C)CC(N)=O)cc1NC(=O)CCc1cccc(Cl)c1. The molecule has 2 aromatic rings. The molecule has 3 N–H and O–H groups in total. The fourth-order valence-electron chi connectivity index (χ4n) is 2.58. The van der Waals surface area contributed by atoms with Crippen molar-refractivity contribution in [3.05, 3.63) is 64.2 Å². The quantitative estimate of drug-likeness (QED) is 0.765. The second kappa shape index (κ2) is 9.19. The molecule has 0 heterocycles. The number of nitrogens with one attached hydrogen (secondary N) is 1. The average molecular weight is 388 g/mol. The van der Waals surface area contributed by atoms with Gasteiger partial charge in [0.1, 0.15) is 0 Å². The van der Waals surface area contributed by atoms with Crippen LogP contribution in [0.25, 0.3) is 0 Å². The van der Waals surface area contributed by atoms with Crippen molar-refractivity contribution in [3.63, 3.8) is 0 Å². The van der Waals surface area contributed by atoms with Crippen molar-refractivity contribution in [2.75, 3.05) is 18.9 Å². The minimum absolute atomic E-state index is 0.159. The van der Waals surface area contributed by atoms with Gasteiger partial charge >= 0.3 is 0 Å². The molecule has 0 aromatic heterocycles. The number of hydrogen-bond acceptors (Lipinski definition) is 3. The van der Waals surface area contributed by atoms with Gasteiger partial charge in [-0.1, -0.05) is 29.8 Å². The lowest BCUT2D eigenvalue weighted by Gasteiger charge is -2.16. The zero-order valence-electron chi connectivity index (χ0n) is 15.3. The van der Waals surface area contributed by atoms with E-state index in [0.717, 1.165) is 11.1 Å². The van der Waals surface area contributed by atoms with Gasteiger partial charge in [0, 0.05) is 29.7 Å². The second-order valence-corrected chi connectivity index (χ2v) is 6.77. The highest BCUT2D eigenvalue weighted by atomic mass is 35.5. The summed E-state index contributed by atoms with van der Waals surface area (Å²) in [5.41, 5.74) is 7.86. The maximum Gasteiger partial charge on any atom is 0.254 e. The van der Waals surface area contributed by atoms with Gasteiger partial charge in [0.15, 0.2) is 0 Å². The molecule has 0 unspecified atom stereocenters. The molecule has 0 aliphatic heterocycles. The minimum Gasteiger partial charge on any atom is -0.368 e. The van der Waals surface area contributed by atoms with Gasteiger partial charge < -0.3 is 16.0 Å². The Balaban J connectivity index is 2.03. The number of aryl methyl sites for hydroxylation is 2. The van der Waals surface area contributed by atoms with E-state index in [9.17, 15) is 14.4 Å². The molecular formula is C20H22ClN3O3. The predicted molar refractivity (Wildman–Crippen MR) is 106 cm³/mol. The van der Waals surface area contributed by atoms with E-state index in [-0.39, 0.29) is 18.4 Å². The molecule has 27 heavy (non-hydrogen) atoms. The van der Waals surface area contributed by atoms with E-state index < -0.39 is 5.91 Å². The van der Waals surface area contributed by atoms with Crippen LogP contribution in [0.1, 0.15) is 27.9 Å². The molecule has 0 bridgehead atoms. The van der Waals surface area contributed by atoms with Crippen LogP contribution in [0, 0.1) is 6.92 Å². The first-order valence-electron chi connectivity index (χ1n) is 8.45. The van der Waals surface area contributed by atoms with Crippen molar-refractivity contribution in [3.8, 4) is 0 Å². The molecule has 7 heteroatoms. The van der Waals surface area contributed by atoms with Gasteiger partial charge in [0.05, 0.1) is 6.54 Å². The summed E-state index contributed by atoms with van der Waals surface area (Å²) < 4.78 is 0. The molecule has 3 amide bonds. The first kappa shape index (κ1) is 20.5. The highest BCUT2D eigenvalue weighted by Crippen LogP contribution is 2.19. The molecule has 2 aromatic carbocycles.